The first-order valence-corrected chi connectivity index (χ1v) is 7.34. The molecule has 3 N–H and O–H groups in total. The Labute approximate surface area is 116 Å². The number of likely N-dealkylation sites (tertiary alicyclic amines) is 1. The number of carbonyl (C=O) groups is 1. The molecule has 112 valence electrons. The standard InChI is InChI=1S/C14H29N3O2/c1-4-19-12-6-10-17(11-7-12)9-5-8-14(2,16-3)13(15)18/h12,16H,4-11H2,1-3H3,(H2,15,18). The molecule has 1 aliphatic rings. The van der Waals surface area contributed by atoms with Crippen LogP contribution in [0.4, 0.5) is 0 Å². The van der Waals surface area contributed by atoms with Gasteiger partial charge in [-0.15, -0.1) is 0 Å². The summed E-state index contributed by atoms with van der Waals surface area (Å²) in [4.78, 5) is 13.8. The quantitative estimate of drug-likeness (QED) is 0.683. The highest BCUT2D eigenvalue weighted by molar-refractivity contribution is 5.84. The van der Waals surface area contributed by atoms with Crippen molar-refractivity contribution < 1.29 is 9.53 Å². The second-order valence-electron chi connectivity index (χ2n) is 5.55. The van der Waals surface area contributed by atoms with Crippen molar-refractivity contribution >= 4 is 5.91 Å². The highest BCUT2D eigenvalue weighted by atomic mass is 16.5. The van der Waals surface area contributed by atoms with E-state index >= 15 is 0 Å². The number of primary amides is 1. The van der Waals surface area contributed by atoms with Crippen LogP contribution in [0.15, 0.2) is 0 Å². The summed E-state index contributed by atoms with van der Waals surface area (Å²) >= 11 is 0. The fraction of sp³-hybridized carbons (Fsp3) is 0.929. The average molecular weight is 271 g/mol. The van der Waals surface area contributed by atoms with Crippen molar-refractivity contribution in [3.63, 3.8) is 0 Å². The van der Waals surface area contributed by atoms with Crippen LogP contribution in [0.25, 0.3) is 0 Å². The van der Waals surface area contributed by atoms with E-state index in [-0.39, 0.29) is 5.91 Å². The van der Waals surface area contributed by atoms with Crippen LogP contribution in [0.1, 0.15) is 39.5 Å². The van der Waals surface area contributed by atoms with Gasteiger partial charge in [-0.3, -0.25) is 4.79 Å². The lowest BCUT2D eigenvalue weighted by molar-refractivity contribution is -0.123. The number of nitrogens with zero attached hydrogens (tertiary/aromatic N) is 1. The van der Waals surface area contributed by atoms with Gasteiger partial charge >= 0.3 is 0 Å². The highest BCUT2D eigenvalue weighted by Crippen LogP contribution is 2.16. The molecule has 5 nitrogen and oxygen atoms in total. The summed E-state index contributed by atoms with van der Waals surface area (Å²) in [7, 11) is 1.79. The summed E-state index contributed by atoms with van der Waals surface area (Å²) in [6.45, 7) is 7.95. The van der Waals surface area contributed by atoms with E-state index in [2.05, 4.69) is 17.1 Å². The molecular formula is C14H29N3O2. The van der Waals surface area contributed by atoms with E-state index in [0.717, 1.165) is 51.9 Å². The van der Waals surface area contributed by atoms with Gasteiger partial charge in [-0.25, -0.2) is 0 Å². The number of hydrogen-bond acceptors (Lipinski definition) is 4. The Bertz CT molecular complexity index is 278. The fourth-order valence-corrected chi connectivity index (χ4v) is 2.56. The third-order valence-electron chi connectivity index (χ3n) is 4.18. The molecule has 1 amide bonds. The lowest BCUT2D eigenvalue weighted by atomic mass is 9.95. The monoisotopic (exact) mass is 271 g/mol. The fourth-order valence-electron chi connectivity index (χ4n) is 2.56. The lowest BCUT2D eigenvalue weighted by Gasteiger charge is -2.33. The summed E-state index contributed by atoms with van der Waals surface area (Å²) in [6, 6.07) is 0. The third-order valence-corrected chi connectivity index (χ3v) is 4.18. The van der Waals surface area contributed by atoms with Gasteiger partial charge in [0.2, 0.25) is 5.91 Å². The first-order valence-electron chi connectivity index (χ1n) is 7.34. The van der Waals surface area contributed by atoms with Gasteiger partial charge in [-0.1, -0.05) is 0 Å². The SMILES string of the molecule is CCOC1CCN(CCCC(C)(NC)C(N)=O)CC1. The maximum absolute atomic E-state index is 11.4. The van der Waals surface area contributed by atoms with Crippen LogP contribution in [0.5, 0.6) is 0 Å². The summed E-state index contributed by atoms with van der Waals surface area (Å²) in [6.07, 6.45) is 4.44. The Morgan fingerprint density at radius 3 is 2.58 bits per heavy atom. The summed E-state index contributed by atoms with van der Waals surface area (Å²) < 4.78 is 5.64. The molecular weight excluding hydrogens is 242 g/mol. The molecule has 0 radical (unpaired) electrons. The molecule has 0 aromatic heterocycles. The Morgan fingerprint density at radius 1 is 1.47 bits per heavy atom. The lowest BCUT2D eigenvalue weighted by Crippen LogP contribution is -2.51. The Kier molecular flexibility index (Phi) is 6.75. The molecule has 1 fully saturated rings. The van der Waals surface area contributed by atoms with Crippen molar-refractivity contribution in [1.82, 2.24) is 10.2 Å². The van der Waals surface area contributed by atoms with Crippen LogP contribution in [-0.4, -0.2) is 55.7 Å². The van der Waals surface area contributed by atoms with E-state index in [1.165, 1.54) is 0 Å². The molecule has 1 aliphatic heterocycles. The van der Waals surface area contributed by atoms with Crippen LogP contribution in [0.3, 0.4) is 0 Å². The van der Waals surface area contributed by atoms with Gasteiger partial charge in [-0.2, -0.15) is 0 Å². The highest BCUT2D eigenvalue weighted by Gasteiger charge is 2.28. The van der Waals surface area contributed by atoms with Crippen LogP contribution >= 0.6 is 0 Å². The van der Waals surface area contributed by atoms with E-state index in [1.807, 2.05) is 6.92 Å². The normalized spacial score (nSPS) is 21.2. The number of nitrogens with one attached hydrogen (secondary N) is 1. The zero-order valence-electron chi connectivity index (χ0n) is 12.6. The number of amides is 1. The zero-order chi connectivity index (χ0) is 14.3. The second kappa shape index (κ2) is 7.82. The number of nitrogens with two attached hydrogens (primary N) is 1. The van der Waals surface area contributed by atoms with Crippen LogP contribution < -0.4 is 11.1 Å². The molecule has 19 heavy (non-hydrogen) atoms. The topological polar surface area (TPSA) is 67.6 Å². The molecule has 1 atom stereocenters. The van der Waals surface area contributed by atoms with Crippen LogP contribution in [0, 0.1) is 0 Å². The van der Waals surface area contributed by atoms with Gasteiger partial charge in [0.05, 0.1) is 11.6 Å². The van der Waals surface area contributed by atoms with Crippen molar-refractivity contribution in [2.45, 2.75) is 51.2 Å². The smallest absolute Gasteiger partial charge is 0.237 e. The van der Waals surface area contributed by atoms with Gasteiger partial charge in [-0.05, 0) is 53.1 Å². The van der Waals surface area contributed by atoms with E-state index in [4.69, 9.17) is 10.5 Å². The second-order valence-corrected chi connectivity index (χ2v) is 5.55. The molecule has 0 spiro atoms. The summed E-state index contributed by atoms with van der Waals surface area (Å²) in [5.74, 6) is -0.273. The predicted molar refractivity (Wildman–Crippen MR) is 77.0 cm³/mol. The van der Waals surface area contributed by atoms with Gasteiger partial charge in [0.25, 0.3) is 0 Å². The predicted octanol–water partition coefficient (Wildman–Crippen LogP) is 0.731. The summed E-state index contributed by atoms with van der Waals surface area (Å²) in [5, 5.41) is 3.03. The van der Waals surface area contributed by atoms with Crippen molar-refractivity contribution in [3.8, 4) is 0 Å². The molecule has 0 aliphatic carbocycles. The first kappa shape index (κ1) is 16.4. The van der Waals surface area contributed by atoms with Crippen molar-refractivity contribution in [1.29, 1.82) is 0 Å². The van der Waals surface area contributed by atoms with Gasteiger partial charge in [0.1, 0.15) is 0 Å². The maximum atomic E-state index is 11.4. The molecule has 0 aromatic carbocycles. The molecule has 1 rings (SSSR count). The van der Waals surface area contributed by atoms with Crippen LogP contribution in [-0.2, 0) is 9.53 Å². The Morgan fingerprint density at radius 2 is 2.11 bits per heavy atom. The Hall–Kier alpha value is -0.650. The van der Waals surface area contributed by atoms with E-state index in [0.29, 0.717) is 6.10 Å². The number of carbonyl (C=O) groups excluding carboxylic acids is 1. The van der Waals surface area contributed by atoms with Crippen LogP contribution in [0.2, 0.25) is 0 Å². The van der Waals surface area contributed by atoms with Gasteiger partial charge in [0, 0.05) is 19.7 Å². The largest absolute Gasteiger partial charge is 0.378 e. The van der Waals surface area contributed by atoms with E-state index in [1.54, 1.807) is 7.05 Å². The summed E-state index contributed by atoms with van der Waals surface area (Å²) in [5.41, 5.74) is 4.84. The first-order chi connectivity index (χ1) is 9.01. The minimum absolute atomic E-state index is 0.273. The molecule has 1 unspecified atom stereocenters. The third kappa shape index (κ3) is 5.09. The number of likely N-dealkylation sites (N-methyl/N-ethyl adjacent to an activating group) is 1. The van der Waals surface area contributed by atoms with Gasteiger partial charge in [0.15, 0.2) is 0 Å². The zero-order valence-corrected chi connectivity index (χ0v) is 12.6. The number of piperidine rings is 1. The van der Waals surface area contributed by atoms with Crippen molar-refractivity contribution in [3.05, 3.63) is 0 Å². The molecule has 0 saturated carbocycles. The number of ether oxygens (including phenoxy) is 1. The molecule has 0 aromatic rings. The number of rotatable bonds is 8. The minimum Gasteiger partial charge on any atom is -0.378 e. The van der Waals surface area contributed by atoms with E-state index < -0.39 is 5.54 Å². The van der Waals surface area contributed by atoms with Gasteiger partial charge < -0.3 is 20.7 Å². The average Bonchev–Trinajstić information content (AvgIpc) is 2.40. The van der Waals surface area contributed by atoms with Crippen molar-refractivity contribution in [2.24, 2.45) is 5.73 Å². The van der Waals surface area contributed by atoms with Crippen molar-refractivity contribution in [2.75, 3.05) is 33.3 Å². The number of hydrogen-bond donors (Lipinski definition) is 2. The Balaban J connectivity index is 2.22. The maximum Gasteiger partial charge on any atom is 0.237 e. The van der Waals surface area contributed by atoms with E-state index in [9.17, 15) is 4.79 Å². The molecule has 5 heteroatoms. The molecule has 0 bridgehead atoms. The minimum atomic E-state index is -0.580. The molecule has 1 heterocycles. The molecule has 1 saturated heterocycles.